The Labute approximate surface area is 146 Å². The van der Waals surface area contributed by atoms with E-state index in [2.05, 4.69) is 16.5 Å². The largest absolute Gasteiger partial charge is 0.444 e. The number of hydrogen-bond donors (Lipinski definition) is 1. The lowest BCUT2D eigenvalue weighted by molar-refractivity contribution is -0.119. The van der Waals surface area contributed by atoms with Gasteiger partial charge in [-0.3, -0.25) is 19.7 Å². The molecule has 1 amide bonds. The van der Waals surface area contributed by atoms with Gasteiger partial charge in [0, 0.05) is 31.0 Å². The molecular formula is C17H21N5O3. The molecule has 1 fully saturated rings. The lowest BCUT2D eigenvalue weighted by atomic mass is 10.2. The van der Waals surface area contributed by atoms with Gasteiger partial charge in [0.25, 0.3) is 0 Å². The molecule has 1 atom stereocenters. The molecule has 2 aromatic heterocycles. The third-order valence-electron chi connectivity index (χ3n) is 4.29. The van der Waals surface area contributed by atoms with Crippen LogP contribution < -0.4 is 5.32 Å². The van der Waals surface area contributed by atoms with Gasteiger partial charge in [0.05, 0.1) is 25.8 Å². The van der Waals surface area contributed by atoms with Gasteiger partial charge in [-0.2, -0.15) is 10.4 Å². The molecule has 0 saturated carbocycles. The zero-order chi connectivity index (χ0) is 17.8. The number of ether oxygens (including phenoxy) is 1. The Bertz CT molecular complexity index is 775. The second-order valence-electron chi connectivity index (χ2n) is 6.10. The summed E-state index contributed by atoms with van der Waals surface area (Å²) in [4.78, 5) is 14.3. The summed E-state index contributed by atoms with van der Waals surface area (Å²) in [5.41, 5.74) is 1.13. The molecule has 0 aromatic carbocycles. The van der Waals surface area contributed by atoms with Gasteiger partial charge in [-0.15, -0.1) is 0 Å². The van der Waals surface area contributed by atoms with Crippen LogP contribution in [-0.2, 0) is 16.1 Å². The van der Waals surface area contributed by atoms with Crippen LogP contribution in [0.3, 0.4) is 0 Å². The fourth-order valence-corrected chi connectivity index (χ4v) is 2.87. The van der Waals surface area contributed by atoms with Gasteiger partial charge in [-0.05, 0) is 19.9 Å². The van der Waals surface area contributed by atoms with Gasteiger partial charge in [0.2, 0.25) is 11.8 Å². The van der Waals surface area contributed by atoms with E-state index in [9.17, 15) is 10.1 Å². The number of aryl methyl sites for hydroxylation is 1. The minimum atomic E-state index is -0.204. The van der Waals surface area contributed by atoms with E-state index in [1.165, 1.54) is 0 Å². The van der Waals surface area contributed by atoms with E-state index in [0.717, 1.165) is 5.56 Å². The van der Waals surface area contributed by atoms with E-state index in [-0.39, 0.29) is 24.4 Å². The highest BCUT2D eigenvalue weighted by Gasteiger charge is 2.24. The van der Waals surface area contributed by atoms with E-state index in [1.54, 1.807) is 20.0 Å². The molecule has 132 valence electrons. The standard InChI is InChI=1S/C17H21N5O3/c1-12-13(2)25-17(15(12)8-18)20-16(23)11-21-6-7-24-14(9-21)10-22-5-3-4-19-22/h3-5,14H,6-7,9-11H2,1-2H3,(H,20,23)/t14-/m0/s1. The lowest BCUT2D eigenvalue weighted by Crippen LogP contribution is -2.47. The van der Waals surface area contributed by atoms with E-state index in [1.807, 2.05) is 21.8 Å². The molecule has 0 aliphatic carbocycles. The Hall–Kier alpha value is -2.63. The molecule has 1 N–H and O–H groups in total. The molecule has 8 nitrogen and oxygen atoms in total. The fourth-order valence-electron chi connectivity index (χ4n) is 2.87. The maximum atomic E-state index is 12.3. The van der Waals surface area contributed by atoms with Crippen molar-refractivity contribution in [2.24, 2.45) is 0 Å². The van der Waals surface area contributed by atoms with Gasteiger partial charge in [0.1, 0.15) is 17.4 Å². The van der Waals surface area contributed by atoms with Crippen molar-refractivity contribution < 1.29 is 13.9 Å². The molecule has 1 aliphatic heterocycles. The van der Waals surface area contributed by atoms with Crippen molar-refractivity contribution in [3.8, 4) is 6.07 Å². The first-order valence-electron chi connectivity index (χ1n) is 8.18. The predicted octanol–water partition coefficient (Wildman–Crippen LogP) is 1.30. The molecular weight excluding hydrogens is 322 g/mol. The van der Waals surface area contributed by atoms with Gasteiger partial charge in [-0.25, -0.2) is 0 Å². The number of carbonyl (C=O) groups is 1. The van der Waals surface area contributed by atoms with E-state index in [0.29, 0.717) is 37.6 Å². The third kappa shape index (κ3) is 4.07. The van der Waals surface area contributed by atoms with Crippen molar-refractivity contribution in [2.45, 2.75) is 26.5 Å². The topological polar surface area (TPSA) is 96.3 Å². The Morgan fingerprint density at radius 2 is 2.36 bits per heavy atom. The number of nitriles is 1. The van der Waals surface area contributed by atoms with Crippen LogP contribution in [0.15, 0.2) is 22.9 Å². The van der Waals surface area contributed by atoms with Crippen LogP contribution in [0, 0.1) is 25.2 Å². The summed E-state index contributed by atoms with van der Waals surface area (Å²) in [6.07, 6.45) is 3.61. The van der Waals surface area contributed by atoms with Crippen molar-refractivity contribution in [3.05, 3.63) is 35.3 Å². The zero-order valence-electron chi connectivity index (χ0n) is 14.4. The molecule has 8 heteroatoms. The first-order valence-corrected chi connectivity index (χ1v) is 8.18. The number of amides is 1. The van der Waals surface area contributed by atoms with Crippen molar-refractivity contribution in [2.75, 3.05) is 31.6 Å². The van der Waals surface area contributed by atoms with Crippen molar-refractivity contribution in [1.29, 1.82) is 5.26 Å². The van der Waals surface area contributed by atoms with Crippen LogP contribution in [0.4, 0.5) is 5.88 Å². The summed E-state index contributed by atoms with van der Waals surface area (Å²) in [6.45, 7) is 6.35. The van der Waals surface area contributed by atoms with Crippen LogP contribution >= 0.6 is 0 Å². The molecule has 1 saturated heterocycles. The Morgan fingerprint density at radius 1 is 1.52 bits per heavy atom. The number of hydrogen-bond acceptors (Lipinski definition) is 6. The molecule has 0 spiro atoms. The average Bonchev–Trinajstić information content (AvgIpc) is 3.16. The molecule has 25 heavy (non-hydrogen) atoms. The highest BCUT2D eigenvalue weighted by molar-refractivity contribution is 5.92. The lowest BCUT2D eigenvalue weighted by Gasteiger charge is -2.32. The molecule has 1 aliphatic rings. The summed E-state index contributed by atoms with van der Waals surface area (Å²) in [7, 11) is 0. The van der Waals surface area contributed by atoms with Crippen LogP contribution in [0.1, 0.15) is 16.9 Å². The first-order chi connectivity index (χ1) is 12.1. The second kappa shape index (κ2) is 7.51. The Balaban J connectivity index is 1.56. The number of aromatic nitrogens is 2. The second-order valence-corrected chi connectivity index (χ2v) is 6.10. The maximum Gasteiger partial charge on any atom is 0.240 e. The van der Waals surface area contributed by atoms with Crippen molar-refractivity contribution in [3.63, 3.8) is 0 Å². The van der Waals surface area contributed by atoms with Gasteiger partial charge in [0.15, 0.2) is 0 Å². The first kappa shape index (κ1) is 17.2. The molecule has 2 aromatic rings. The van der Waals surface area contributed by atoms with Crippen molar-refractivity contribution in [1.82, 2.24) is 14.7 Å². The quantitative estimate of drug-likeness (QED) is 0.879. The van der Waals surface area contributed by atoms with Crippen LogP contribution in [-0.4, -0.2) is 52.9 Å². The molecule has 0 unspecified atom stereocenters. The monoisotopic (exact) mass is 343 g/mol. The highest BCUT2D eigenvalue weighted by atomic mass is 16.5. The van der Waals surface area contributed by atoms with E-state index < -0.39 is 0 Å². The van der Waals surface area contributed by atoms with Gasteiger partial charge in [-0.1, -0.05) is 0 Å². The minimum Gasteiger partial charge on any atom is -0.444 e. The molecule has 3 rings (SSSR count). The predicted molar refractivity (Wildman–Crippen MR) is 89.9 cm³/mol. The van der Waals surface area contributed by atoms with Crippen molar-refractivity contribution >= 4 is 11.8 Å². The number of nitrogens with one attached hydrogen (secondary N) is 1. The van der Waals surface area contributed by atoms with Gasteiger partial charge < -0.3 is 9.15 Å². The maximum absolute atomic E-state index is 12.3. The summed E-state index contributed by atoms with van der Waals surface area (Å²) in [5.74, 6) is 0.659. The summed E-state index contributed by atoms with van der Waals surface area (Å²) in [5, 5.41) is 16.1. The average molecular weight is 343 g/mol. The number of rotatable bonds is 5. The number of anilines is 1. The smallest absolute Gasteiger partial charge is 0.240 e. The molecule has 0 bridgehead atoms. The summed E-state index contributed by atoms with van der Waals surface area (Å²) in [6, 6.07) is 3.94. The number of carbonyl (C=O) groups excluding carboxylic acids is 1. The zero-order valence-corrected chi connectivity index (χ0v) is 14.4. The number of furan rings is 1. The summed E-state index contributed by atoms with van der Waals surface area (Å²) < 4.78 is 13.0. The van der Waals surface area contributed by atoms with Crippen LogP contribution in [0.25, 0.3) is 0 Å². The molecule has 0 radical (unpaired) electrons. The van der Waals surface area contributed by atoms with Crippen LogP contribution in [0.5, 0.6) is 0 Å². The van der Waals surface area contributed by atoms with Crippen LogP contribution in [0.2, 0.25) is 0 Å². The highest BCUT2D eigenvalue weighted by Crippen LogP contribution is 2.25. The number of morpholine rings is 1. The normalized spacial score (nSPS) is 18.0. The summed E-state index contributed by atoms with van der Waals surface area (Å²) >= 11 is 0. The molecule has 3 heterocycles. The number of nitrogens with zero attached hydrogens (tertiary/aromatic N) is 4. The minimum absolute atomic E-state index is 0.00998. The van der Waals surface area contributed by atoms with E-state index >= 15 is 0 Å². The SMILES string of the molecule is Cc1oc(NC(=O)CN2CCO[C@H](Cn3cccn3)C2)c(C#N)c1C. The fraction of sp³-hybridized carbons (Fsp3) is 0.471. The Kier molecular flexibility index (Phi) is 5.16. The van der Waals surface area contributed by atoms with Gasteiger partial charge >= 0.3 is 0 Å². The van der Waals surface area contributed by atoms with E-state index in [4.69, 9.17) is 9.15 Å². The Morgan fingerprint density at radius 3 is 3.08 bits per heavy atom. The third-order valence-corrected chi connectivity index (χ3v) is 4.29.